The lowest BCUT2D eigenvalue weighted by Crippen LogP contribution is -2.38. The largest absolute Gasteiger partial charge is 0.378 e. The maximum absolute atomic E-state index is 13.9. The van der Waals surface area contributed by atoms with E-state index in [-0.39, 0.29) is 23.0 Å². The standard InChI is InChI=1S/C20H26FN5O2S/c1-14(18(27)22-16-6-2-3-7-16)29-20-24-23-19(25-9-11-28-12-10-25)26(20)17-8-4-5-15(21)13-17/h4-5,8,13-14,16H,2-3,6-7,9-12H2,1H3,(H,22,27)/t14-/m0/s1. The van der Waals surface area contributed by atoms with Crippen molar-refractivity contribution in [2.24, 2.45) is 0 Å². The molecule has 1 atom stereocenters. The number of morpholine rings is 1. The van der Waals surface area contributed by atoms with Crippen molar-refractivity contribution in [1.29, 1.82) is 0 Å². The Hall–Kier alpha value is -2.13. The fourth-order valence-corrected chi connectivity index (χ4v) is 4.62. The van der Waals surface area contributed by atoms with Crippen LogP contribution in [0.5, 0.6) is 0 Å². The summed E-state index contributed by atoms with van der Waals surface area (Å²) in [5.41, 5.74) is 0.641. The molecule has 1 saturated carbocycles. The molecule has 29 heavy (non-hydrogen) atoms. The topological polar surface area (TPSA) is 72.3 Å². The Balaban J connectivity index is 1.58. The van der Waals surface area contributed by atoms with E-state index in [4.69, 9.17) is 4.74 Å². The van der Waals surface area contributed by atoms with Gasteiger partial charge in [0.2, 0.25) is 11.9 Å². The van der Waals surface area contributed by atoms with Gasteiger partial charge in [-0.25, -0.2) is 4.39 Å². The number of nitrogens with one attached hydrogen (secondary N) is 1. The van der Waals surface area contributed by atoms with E-state index in [2.05, 4.69) is 20.4 Å². The zero-order chi connectivity index (χ0) is 20.2. The number of aromatic nitrogens is 3. The molecular weight excluding hydrogens is 393 g/mol. The number of nitrogens with zero attached hydrogens (tertiary/aromatic N) is 4. The smallest absolute Gasteiger partial charge is 0.233 e. The fraction of sp³-hybridized carbons (Fsp3) is 0.550. The molecule has 156 valence electrons. The number of amides is 1. The Morgan fingerprint density at radius 1 is 1.28 bits per heavy atom. The van der Waals surface area contributed by atoms with Crippen molar-refractivity contribution in [3.63, 3.8) is 0 Å². The molecule has 4 rings (SSSR count). The van der Waals surface area contributed by atoms with E-state index >= 15 is 0 Å². The lowest BCUT2D eigenvalue weighted by Gasteiger charge is -2.28. The second-order valence-electron chi connectivity index (χ2n) is 7.45. The summed E-state index contributed by atoms with van der Waals surface area (Å²) < 4.78 is 21.2. The minimum atomic E-state index is -0.329. The summed E-state index contributed by atoms with van der Waals surface area (Å²) in [5, 5.41) is 12.1. The van der Waals surface area contributed by atoms with E-state index in [0.29, 0.717) is 43.1 Å². The zero-order valence-corrected chi connectivity index (χ0v) is 17.3. The molecule has 1 aliphatic carbocycles. The van der Waals surface area contributed by atoms with Gasteiger partial charge >= 0.3 is 0 Å². The molecule has 9 heteroatoms. The average molecular weight is 420 g/mol. The Bertz CT molecular complexity index is 849. The molecule has 1 aromatic heterocycles. The van der Waals surface area contributed by atoms with Gasteiger partial charge in [-0.3, -0.25) is 9.36 Å². The second-order valence-corrected chi connectivity index (χ2v) is 8.76. The number of rotatable bonds is 6. The van der Waals surface area contributed by atoms with Gasteiger partial charge in [0.25, 0.3) is 0 Å². The maximum atomic E-state index is 13.9. The Labute approximate surface area is 174 Å². The zero-order valence-electron chi connectivity index (χ0n) is 16.5. The molecule has 2 fully saturated rings. The van der Waals surface area contributed by atoms with Gasteiger partial charge in [-0.15, -0.1) is 10.2 Å². The average Bonchev–Trinajstić information content (AvgIpc) is 3.38. The van der Waals surface area contributed by atoms with Gasteiger partial charge in [-0.2, -0.15) is 0 Å². The van der Waals surface area contributed by atoms with Crippen molar-refractivity contribution < 1.29 is 13.9 Å². The third-order valence-corrected chi connectivity index (χ3v) is 6.37. The molecule has 0 spiro atoms. The number of anilines is 1. The van der Waals surface area contributed by atoms with Gasteiger partial charge in [0, 0.05) is 19.1 Å². The third kappa shape index (κ3) is 4.72. The predicted molar refractivity (Wildman–Crippen MR) is 110 cm³/mol. The summed E-state index contributed by atoms with van der Waals surface area (Å²) in [6.07, 6.45) is 4.43. The monoisotopic (exact) mass is 419 g/mol. The van der Waals surface area contributed by atoms with E-state index in [0.717, 1.165) is 12.8 Å². The number of carbonyl (C=O) groups is 1. The Kier molecular flexibility index (Phi) is 6.34. The molecule has 1 saturated heterocycles. The highest BCUT2D eigenvalue weighted by Crippen LogP contribution is 2.30. The van der Waals surface area contributed by atoms with Crippen LogP contribution in [0, 0.1) is 5.82 Å². The molecule has 1 aliphatic heterocycles. The highest BCUT2D eigenvalue weighted by Gasteiger charge is 2.26. The molecule has 2 aliphatic rings. The first-order valence-electron chi connectivity index (χ1n) is 10.1. The normalized spacial score (nSPS) is 18.8. The number of hydrogen-bond donors (Lipinski definition) is 1. The van der Waals surface area contributed by atoms with Crippen LogP contribution in [0.15, 0.2) is 29.4 Å². The van der Waals surface area contributed by atoms with E-state index < -0.39 is 0 Å². The lowest BCUT2D eigenvalue weighted by atomic mass is 10.2. The number of carbonyl (C=O) groups excluding carboxylic acids is 1. The van der Waals surface area contributed by atoms with E-state index in [1.165, 1.54) is 36.7 Å². The third-order valence-electron chi connectivity index (χ3n) is 5.33. The van der Waals surface area contributed by atoms with E-state index in [1.54, 1.807) is 6.07 Å². The summed E-state index contributed by atoms with van der Waals surface area (Å²) in [4.78, 5) is 14.7. The number of benzene rings is 1. The van der Waals surface area contributed by atoms with Crippen LogP contribution in [0.1, 0.15) is 32.6 Å². The summed E-state index contributed by atoms with van der Waals surface area (Å²) in [7, 11) is 0. The molecule has 0 radical (unpaired) electrons. The van der Waals surface area contributed by atoms with Crippen LogP contribution in [0.3, 0.4) is 0 Å². The molecule has 0 unspecified atom stereocenters. The van der Waals surface area contributed by atoms with Crippen LogP contribution in [0.25, 0.3) is 5.69 Å². The number of ether oxygens (including phenoxy) is 1. The second kappa shape index (κ2) is 9.13. The highest BCUT2D eigenvalue weighted by molar-refractivity contribution is 8.00. The number of thioether (sulfide) groups is 1. The minimum Gasteiger partial charge on any atom is -0.378 e. The molecule has 1 N–H and O–H groups in total. The van der Waals surface area contributed by atoms with Crippen LogP contribution < -0.4 is 10.2 Å². The molecule has 2 heterocycles. The van der Waals surface area contributed by atoms with Crippen molar-refractivity contribution in [2.45, 2.75) is 49.1 Å². The summed E-state index contributed by atoms with van der Waals surface area (Å²) >= 11 is 1.34. The SMILES string of the molecule is C[C@H](Sc1nnc(N2CCOCC2)n1-c1cccc(F)c1)C(=O)NC1CCCC1. The Morgan fingerprint density at radius 2 is 2.03 bits per heavy atom. The van der Waals surface area contributed by atoms with Crippen LogP contribution in [-0.2, 0) is 9.53 Å². The van der Waals surface area contributed by atoms with Gasteiger partial charge in [-0.05, 0) is 38.0 Å². The van der Waals surface area contributed by atoms with Crippen molar-refractivity contribution >= 4 is 23.6 Å². The molecule has 0 bridgehead atoms. The van der Waals surface area contributed by atoms with Crippen LogP contribution in [0.4, 0.5) is 10.3 Å². The van der Waals surface area contributed by atoms with Crippen LogP contribution in [0.2, 0.25) is 0 Å². The summed E-state index contributed by atoms with van der Waals surface area (Å²) in [6.45, 7) is 4.47. The first-order valence-corrected chi connectivity index (χ1v) is 11.0. The first-order chi connectivity index (χ1) is 14.1. The van der Waals surface area contributed by atoms with Crippen LogP contribution in [-0.4, -0.2) is 58.3 Å². The molecule has 2 aromatic rings. The van der Waals surface area contributed by atoms with Crippen molar-refractivity contribution in [3.8, 4) is 5.69 Å². The molecule has 1 aromatic carbocycles. The van der Waals surface area contributed by atoms with E-state index in [1.807, 2.05) is 17.6 Å². The van der Waals surface area contributed by atoms with Crippen molar-refractivity contribution in [2.75, 3.05) is 31.2 Å². The maximum Gasteiger partial charge on any atom is 0.233 e. The number of halogens is 1. The predicted octanol–water partition coefficient (Wildman–Crippen LogP) is 2.78. The summed E-state index contributed by atoms with van der Waals surface area (Å²) in [6, 6.07) is 6.63. The summed E-state index contributed by atoms with van der Waals surface area (Å²) in [5.74, 6) is 0.320. The molecule has 7 nitrogen and oxygen atoms in total. The lowest BCUT2D eigenvalue weighted by molar-refractivity contribution is -0.120. The van der Waals surface area contributed by atoms with Gasteiger partial charge in [0.1, 0.15) is 5.82 Å². The van der Waals surface area contributed by atoms with Crippen molar-refractivity contribution in [3.05, 3.63) is 30.1 Å². The first kappa shape index (κ1) is 20.2. The quantitative estimate of drug-likeness (QED) is 0.726. The molecule has 1 amide bonds. The highest BCUT2D eigenvalue weighted by atomic mass is 32.2. The van der Waals surface area contributed by atoms with Crippen LogP contribution >= 0.6 is 11.8 Å². The van der Waals surface area contributed by atoms with Crippen molar-refractivity contribution in [1.82, 2.24) is 20.1 Å². The number of hydrogen-bond acceptors (Lipinski definition) is 6. The van der Waals surface area contributed by atoms with Gasteiger partial charge in [0.15, 0.2) is 5.16 Å². The minimum absolute atomic E-state index is 0.00335. The van der Waals surface area contributed by atoms with Gasteiger partial charge < -0.3 is 15.0 Å². The van der Waals surface area contributed by atoms with Gasteiger partial charge in [-0.1, -0.05) is 30.7 Å². The Morgan fingerprint density at radius 3 is 2.76 bits per heavy atom. The van der Waals surface area contributed by atoms with Gasteiger partial charge in [0.05, 0.1) is 24.2 Å². The molecular formula is C20H26FN5O2S. The fourth-order valence-electron chi connectivity index (χ4n) is 3.75. The van der Waals surface area contributed by atoms with E-state index in [9.17, 15) is 9.18 Å².